The number of likely N-dealkylation sites (tertiary alicyclic amines) is 1. The lowest BCUT2D eigenvalue weighted by Gasteiger charge is -2.24. The fourth-order valence-corrected chi connectivity index (χ4v) is 3.56. The fourth-order valence-electron chi connectivity index (χ4n) is 3.56. The highest BCUT2D eigenvalue weighted by atomic mass is 19.4. The molecule has 8 nitrogen and oxygen atoms in total. The molecule has 1 N–H and O–H groups in total. The van der Waals surface area contributed by atoms with Gasteiger partial charge in [-0.3, -0.25) is 9.69 Å². The number of aliphatic carboxylic acids is 1. The van der Waals surface area contributed by atoms with Gasteiger partial charge in [-0.25, -0.2) is 9.78 Å². The molecule has 2 aromatic rings. The lowest BCUT2D eigenvalue weighted by Crippen LogP contribution is -2.30. The standard InChI is InChI=1S/C19H23N3O3.C2HF3O2/c1-24-15-7-10-22(12-15)19(23)18-20-16-13-21(9-8-17(16)25-18)11-14-5-3-2-4-6-14;3-2(4,5)1(6)7/h2-6,15H,7-13H2,1H3;(H,6,7). The molecule has 1 aromatic carbocycles. The lowest BCUT2D eigenvalue weighted by molar-refractivity contribution is -0.192. The van der Waals surface area contributed by atoms with Crippen molar-refractivity contribution in [2.45, 2.75) is 38.2 Å². The molecule has 0 bridgehead atoms. The van der Waals surface area contributed by atoms with Crippen molar-refractivity contribution in [1.82, 2.24) is 14.8 Å². The van der Waals surface area contributed by atoms with Crippen LogP contribution in [0.1, 0.15) is 34.1 Å². The zero-order valence-corrected chi connectivity index (χ0v) is 17.5. The molecule has 1 aromatic heterocycles. The van der Waals surface area contributed by atoms with Crippen LogP contribution < -0.4 is 0 Å². The molecule has 0 aliphatic carbocycles. The number of rotatable bonds is 4. The van der Waals surface area contributed by atoms with E-state index in [1.165, 1.54) is 5.56 Å². The minimum absolute atomic E-state index is 0.120. The number of carbonyl (C=O) groups excluding carboxylic acids is 1. The average molecular weight is 455 g/mol. The Labute approximate surface area is 182 Å². The van der Waals surface area contributed by atoms with E-state index in [2.05, 4.69) is 34.1 Å². The Hall–Kier alpha value is -2.92. The van der Waals surface area contributed by atoms with Crippen LogP contribution in [0.25, 0.3) is 0 Å². The first-order valence-electron chi connectivity index (χ1n) is 10.0. The average Bonchev–Trinajstić information content (AvgIpc) is 3.40. The first-order chi connectivity index (χ1) is 15.2. The Morgan fingerprint density at radius 1 is 1.25 bits per heavy atom. The zero-order chi connectivity index (χ0) is 23.3. The van der Waals surface area contributed by atoms with Gasteiger partial charge in [-0.2, -0.15) is 13.2 Å². The maximum atomic E-state index is 12.6. The highest BCUT2D eigenvalue weighted by Gasteiger charge is 2.38. The van der Waals surface area contributed by atoms with E-state index in [9.17, 15) is 18.0 Å². The second-order valence-electron chi connectivity index (χ2n) is 7.54. The lowest BCUT2D eigenvalue weighted by atomic mass is 10.1. The van der Waals surface area contributed by atoms with Crippen LogP contribution in [0.15, 0.2) is 34.7 Å². The van der Waals surface area contributed by atoms with Crippen molar-refractivity contribution < 1.29 is 37.0 Å². The summed E-state index contributed by atoms with van der Waals surface area (Å²) in [4.78, 5) is 30.1. The Morgan fingerprint density at radius 2 is 1.94 bits per heavy atom. The summed E-state index contributed by atoms with van der Waals surface area (Å²) in [7, 11) is 1.68. The SMILES string of the molecule is COC1CCN(C(=O)c2nc3c(o2)CCN(Cc2ccccc2)C3)C1.O=C(O)C(F)(F)F. The summed E-state index contributed by atoms with van der Waals surface area (Å²) in [5, 5.41) is 7.12. The van der Waals surface area contributed by atoms with Crippen molar-refractivity contribution in [3.05, 3.63) is 53.2 Å². The highest BCUT2D eigenvalue weighted by Crippen LogP contribution is 2.23. The molecule has 174 valence electrons. The van der Waals surface area contributed by atoms with Crippen LogP contribution in [0.5, 0.6) is 0 Å². The van der Waals surface area contributed by atoms with Crippen molar-refractivity contribution in [1.29, 1.82) is 0 Å². The molecular formula is C21H24F3N3O5. The van der Waals surface area contributed by atoms with E-state index in [4.69, 9.17) is 19.1 Å². The third kappa shape index (κ3) is 6.07. The van der Waals surface area contributed by atoms with E-state index in [0.717, 1.165) is 43.9 Å². The van der Waals surface area contributed by atoms with Gasteiger partial charge in [-0.05, 0) is 12.0 Å². The summed E-state index contributed by atoms with van der Waals surface area (Å²) >= 11 is 0. The van der Waals surface area contributed by atoms with Gasteiger partial charge in [0.1, 0.15) is 5.76 Å². The molecule has 3 heterocycles. The third-order valence-corrected chi connectivity index (χ3v) is 5.25. The summed E-state index contributed by atoms with van der Waals surface area (Å²) in [6.45, 7) is 3.84. The van der Waals surface area contributed by atoms with Gasteiger partial charge in [0.2, 0.25) is 0 Å². The van der Waals surface area contributed by atoms with E-state index in [1.807, 2.05) is 6.07 Å². The second-order valence-corrected chi connectivity index (χ2v) is 7.54. The number of fused-ring (bicyclic) bond motifs is 1. The van der Waals surface area contributed by atoms with Gasteiger partial charge in [0, 0.05) is 46.3 Å². The molecule has 2 aliphatic heterocycles. The number of hydrogen-bond donors (Lipinski definition) is 1. The third-order valence-electron chi connectivity index (χ3n) is 5.25. The van der Waals surface area contributed by atoms with Crippen LogP contribution in [0.4, 0.5) is 13.2 Å². The topological polar surface area (TPSA) is 96.1 Å². The van der Waals surface area contributed by atoms with E-state index in [1.54, 1.807) is 12.0 Å². The van der Waals surface area contributed by atoms with Crippen molar-refractivity contribution in [3.8, 4) is 0 Å². The summed E-state index contributed by atoms with van der Waals surface area (Å²) < 4.78 is 42.8. The smallest absolute Gasteiger partial charge is 0.475 e. The van der Waals surface area contributed by atoms with Crippen LogP contribution >= 0.6 is 0 Å². The number of alkyl halides is 3. The number of aromatic nitrogens is 1. The van der Waals surface area contributed by atoms with Crippen molar-refractivity contribution in [2.24, 2.45) is 0 Å². The number of oxazole rings is 1. The van der Waals surface area contributed by atoms with E-state index in [-0.39, 0.29) is 17.9 Å². The van der Waals surface area contributed by atoms with Gasteiger partial charge >= 0.3 is 18.1 Å². The molecule has 11 heteroatoms. The maximum absolute atomic E-state index is 12.6. The second kappa shape index (κ2) is 10.1. The molecule has 1 amide bonds. The number of carboxylic acid groups (broad SMARTS) is 1. The number of hydrogen-bond acceptors (Lipinski definition) is 6. The first kappa shape index (κ1) is 23.7. The number of methoxy groups -OCH3 is 1. The fraction of sp³-hybridized carbons (Fsp3) is 0.476. The molecule has 1 fully saturated rings. The Morgan fingerprint density at radius 3 is 2.53 bits per heavy atom. The number of carbonyl (C=O) groups is 2. The van der Waals surface area contributed by atoms with Crippen LogP contribution in [-0.2, 0) is 29.0 Å². The molecule has 0 radical (unpaired) electrons. The van der Waals surface area contributed by atoms with Gasteiger partial charge in [0.15, 0.2) is 0 Å². The molecule has 2 aliphatic rings. The Bertz CT molecular complexity index is 933. The molecular weight excluding hydrogens is 431 g/mol. The predicted octanol–water partition coefficient (Wildman–Crippen LogP) is 2.73. The Balaban J connectivity index is 0.000000360. The van der Waals surface area contributed by atoms with Crippen LogP contribution in [0, 0.1) is 0 Å². The number of ether oxygens (including phenoxy) is 1. The van der Waals surface area contributed by atoms with Crippen LogP contribution in [0.2, 0.25) is 0 Å². The summed E-state index contributed by atoms with van der Waals surface area (Å²) in [6.07, 6.45) is -3.30. The summed E-state index contributed by atoms with van der Waals surface area (Å²) in [5.74, 6) is -1.80. The van der Waals surface area contributed by atoms with Crippen molar-refractivity contribution in [2.75, 3.05) is 26.7 Å². The van der Waals surface area contributed by atoms with Gasteiger partial charge in [0.25, 0.3) is 5.89 Å². The number of carboxylic acids is 1. The quantitative estimate of drug-likeness (QED) is 0.757. The van der Waals surface area contributed by atoms with E-state index >= 15 is 0 Å². The largest absolute Gasteiger partial charge is 0.490 e. The number of amides is 1. The van der Waals surface area contributed by atoms with Crippen molar-refractivity contribution >= 4 is 11.9 Å². The van der Waals surface area contributed by atoms with Crippen LogP contribution in [0.3, 0.4) is 0 Å². The first-order valence-corrected chi connectivity index (χ1v) is 10.0. The molecule has 4 rings (SSSR count). The van der Waals surface area contributed by atoms with Gasteiger partial charge in [-0.15, -0.1) is 0 Å². The monoisotopic (exact) mass is 455 g/mol. The Kier molecular flexibility index (Phi) is 7.52. The number of benzene rings is 1. The van der Waals surface area contributed by atoms with Crippen molar-refractivity contribution in [3.63, 3.8) is 0 Å². The minimum atomic E-state index is -5.08. The molecule has 1 saturated heterocycles. The zero-order valence-electron chi connectivity index (χ0n) is 17.5. The molecule has 32 heavy (non-hydrogen) atoms. The molecule has 0 saturated carbocycles. The number of halogens is 3. The molecule has 1 unspecified atom stereocenters. The predicted molar refractivity (Wildman–Crippen MR) is 106 cm³/mol. The highest BCUT2D eigenvalue weighted by molar-refractivity contribution is 5.90. The van der Waals surface area contributed by atoms with Gasteiger partial charge in [0.05, 0.1) is 11.8 Å². The van der Waals surface area contributed by atoms with E-state index < -0.39 is 12.1 Å². The van der Waals surface area contributed by atoms with E-state index in [0.29, 0.717) is 13.1 Å². The molecule has 0 spiro atoms. The number of nitrogens with zero attached hydrogens (tertiary/aromatic N) is 3. The molecule has 1 atom stereocenters. The van der Waals surface area contributed by atoms with Crippen LogP contribution in [-0.4, -0.2) is 70.8 Å². The normalized spacial score (nSPS) is 18.6. The van der Waals surface area contributed by atoms with Gasteiger partial charge in [-0.1, -0.05) is 30.3 Å². The minimum Gasteiger partial charge on any atom is -0.475 e. The maximum Gasteiger partial charge on any atom is 0.490 e. The van der Waals surface area contributed by atoms with Gasteiger partial charge < -0.3 is 19.2 Å². The summed E-state index contributed by atoms with van der Waals surface area (Å²) in [6, 6.07) is 10.4. The summed E-state index contributed by atoms with van der Waals surface area (Å²) in [5.41, 5.74) is 2.18.